The van der Waals surface area contributed by atoms with E-state index >= 15 is 0 Å². The standard InChI is InChI=1S/C26H27N5O4/c1-26(2)15-34-11-10-31(26)25(32)35-22-12-18-20(13-21(22)33-4)27-16-28-24(18)19-14-30(3)29-23(19)17-8-6-5-7-9-17/h5-9,12-14,16H,10-11,15H2,1-4H3. The highest BCUT2D eigenvalue weighted by Crippen LogP contribution is 2.38. The van der Waals surface area contributed by atoms with Crippen molar-refractivity contribution in [3.63, 3.8) is 0 Å². The van der Waals surface area contributed by atoms with Crippen molar-refractivity contribution in [2.24, 2.45) is 7.05 Å². The van der Waals surface area contributed by atoms with Gasteiger partial charge in [-0.3, -0.25) is 9.58 Å². The van der Waals surface area contributed by atoms with Gasteiger partial charge >= 0.3 is 6.09 Å². The molecule has 1 saturated heterocycles. The SMILES string of the molecule is COc1cc2ncnc(-c3cn(C)nc3-c3ccccc3)c2cc1OC(=O)N1CCOCC1(C)C. The van der Waals surface area contributed by atoms with Crippen LogP contribution in [-0.2, 0) is 11.8 Å². The third-order valence-corrected chi connectivity index (χ3v) is 6.11. The van der Waals surface area contributed by atoms with Crippen molar-refractivity contribution in [2.45, 2.75) is 19.4 Å². The zero-order chi connectivity index (χ0) is 24.6. The number of morpholine rings is 1. The lowest BCUT2D eigenvalue weighted by atomic mass is 10.0. The highest BCUT2D eigenvalue weighted by atomic mass is 16.6. The molecule has 1 amide bonds. The Bertz CT molecular complexity index is 1380. The number of carbonyl (C=O) groups is 1. The third kappa shape index (κ3) is 4.30. The summed E-state index contributed by atoms with van der Waals surface area (Å²) in [5.41, 5.74) is 3.51. The van der Waals surface area contributed by atoms with Gasteiger partial charge in [0, 0.05) is 42.4 Å². The Morgan fingerprint density at radius 3 is 2.63 bits per heavy atom. The van der Waals surface area contributed by atoms with E-state index in [2.05, 4.69) is 15.1 Å². The fourth-order valence-corrected chi connectivity index (χ4v) is 4.33. The summed E-state index contributed by atoms with van der Waals surface area (Å²) in [5, 5.41) is 5.40. The predicted molar refractivity (Wildman–Crippen MR) is 131 cm³/mol. The van der Waals surface area contributed by atoms with E-state index in [1.165, 1.54) is 13.4 Å². The van der Waals surface area contributed by atoms with Gasteiger partial charge in [-0.1, -0.05) is 30.3 Å². The lowest BCUT2D eigenvalue weighted by Gasteiger charge is -2.41. The Morgan fingerprint density at radius 1 is 1.09 bits per heavy atom. The number of ether oxygens (including phenoxy) is 3. The Morgan fingerprint density at radius 2 is 1.89 bits per heavy atom. The zero-order valence-corrected chi connectivity index (χ0v) is 20.2. The van der Waals surface area contributed by atoms with E-state index in [1.807, 2.05) is 57.4 Å². The van der Waals surface area contributed by atoms with Crippen LogP contribution in [0.2, 0.25) is 0 Å². The van der Waals surface area contributed by atoms with Crippen molar-refractivity contribution >= 4 is 17.0 Å². The number of nitrogens with zero attached hydrogens (tertiary/aromatic N) is 5. The maximum absolute atomic E-state index is 13.1. The van der Waals surface area contributed by atoms with Gasteiger partial charge in [-0.25, -0.2) is 14.8 Å². The Hall–Kier alpha value is -3.98. The quantitative estimate of drug-likeness (QED) is 0.436. The Balaban J connectivity index is 1.60. The summed E-state index contributed by atoms with van der Waals surface area (Å²) < 4.78 is 18.7. The first-order valence-electron chi connectivity index (χ1n) is 11.4. The number of benzene rings is 2. The van der Waals surface area contributed by atoms with Gasteiger partial charge in [0.05, 0.1) is 37.1 Å². The lowest BCUT2D eigenvalue weighted by molar-refractivity contribution is -0.0370. The van der Waals surface area contributed by atoms with Crippen LogP contribution >= 0.6 is 0 Å². The molecule has 0 radical (unpaired) electrons. The van der Waals surface area contributed by atoms with Gasteiger partial charge in [0.2, 0.25) is 0 Å². The summed E-state index contributed by atoms with van der Waals surface area (Å²) in [4.78, 5) is 23.8. The molecule has 0 unspecified atom stereocenters. The van der Waals surface area contributed by atoms with Crippen LogP contribution in [0.15, 0.2) is 55.0 Å². The van der Waals surface area contributed by atoms with E-state index < -0.39 is 11.6 Å². The van der Waals surface area contributed by atoms with E-state index in [0.717, 1.165) is 22.2 Å². The first-order valence-corrected chi connectivity index (χ1v) is 11.4. The van der Waals surface area contributed by atoms with Crippen molar-refractivity contribution in [3.8, 4) is 34.0 Å². The van der Waals surface area contributed by atoms with Crippen LogP contribution in [0.25, 0.3) is 33.4 Å². The molecule has 9 nitrogen and oxygen atoms in total. The highest BCUT2D eigenvalue weighted by molar-refractivity contribution is 5.97. The molecule has 2 aromatic heterocycles. The fourth-order valence-electron chi connectivity index (χ4n) is 4.33. The number of fused-ring (bicyclic) bond motifs is 1. The molecule has 1 aliphatic rings. The molecule has 1 fully saturated rings. The van der Waals surface area contributed by atoms with Crippen molar-refractivity contribution in [3.05, 3.63) is 55.0 Å². The maximum atomic E-state index is 13.1. The summed E-state index contributed by atoms with van der Waals surface area (Å²) >= 11 is 0. The van der Waals surface area contributed by atoms with E-state index in [4.69, 9.17) is 14.2 Å². The van der Waals surface area contributed by atoms with Gasteiger partial charge in [-0.15, -0.1) is 0 Å². The second-order valence-corrected chi connectivity index (χ2v) is 9.06. The average molecular weight is 474 g/mol. The van der Waals surface area contributed by atoms with Gasteiger partial charge in [0.1, 0.15) is 12.0 Å². The third-order valence-electron chi connectivity index (χ3n) is 6.11. The normalized spacial score (nSPS) is 15.3. The van der Waals surface area contributed by atoms with E-state index in [1.54, 1.807) is 21.7 Å². The van der Waals surface area contributed by atoms with Crippen LogP contribution in [0, 0.1) is 0 Å². The number of methoxy groups -OCH3 is 1. The largest absolute Gasteiger partial charge is 0.493 e. The van der Waals surface area contributed by atoms with E-state index in [9.17, 15) is 4.79 Å². The molecule has 5 rings (SSSR count). The fraction of sp³-hybridized carbons (Fsp3) is 0.308. The topological polar surface area (TPSA) is 91.6 Å². The number of aromatic nitrogens is 4. The smallest absolute Gasteiger partial charge is 0.415 e. The number of aryl methyl sites for hydroxylation is 1. The molecule has 4 aromatic rings. The van der Waals surface area contributed by atoms with Crippen LogP contribution < -0.4 is 9.47 Å². The molecule has 0 atom stereocenters. The first-order chi connectivity index (χ1) is 16.9. The Kier molecular flexibility index (Phi) is 5.86. The van der Waals surface area contributed by atoms with Crippen LogP contribution in [-0.4, -0.2) is 63.1 Å². The van der Waals surface area contributed by atoms with Gasteiger partial charge in [-0.2, -0.15) is 5.10 Å². The number of carbonyl (C=O) groups excluding carboxylic acids is 1. The molecule has 0 aliphatic carbocycles. The summed E-state index contributed by atoms with van der Waals surface area (Å²) in [5.74, 6) is 0.713. The second-order valence-electron chi connectivity index (χ2n) is 9.06. The van der Waals surface area contributed by atoms with Crippen molar-refractivity contribution in [1.82, 2.24) is 24.6 Å². The van der Waals surface area contributed by atoms with Gasteiger partial charge in [0.25, 0.3) is 0 Å². The molecule has 9 heteroatoms. The monoisotopic (exact) mass is 473 g/mol. The molecule has 0 saturated carbocycles. The number of hydrogen-bond donors (Lipinski definition) is 0. The summed E-state index contributed by atoms with van der Waals surface area (Å²) in [7, 11) is 3.41. The maximum Gasteiger partial charge on any atom is 0.415 e. The highest BCUT2D eigenvalue weighted by Gasteiger charge is 2.36. The lowest BCUT2D eigenvalue weighted by Crippen LogP contribution is -2.56. The van der Waals surface area contributed by atoms with Crippen LogP contribution in [0.4, 0.5) is 4.79 Å². The van der Waals surface area contributed by atoms with Crippen LogP contribution in [0.5, 0.6) is 11.5 Å². The van der Waals surface area contributed by atoms with Gasteiger partial charge in [0.15, 0.2) is 11.5 Å². The van der Waals surface area contributed by atoms with Crippen molar-refractivity contribution in [2.75, 3.05) is 26.9 Å². The molecule has 0 bridgehead atoms. The van der Waals surface area contributed by atoms with Crippen molar-refractivity contribution < 1.29 is 19.0 Å². The molecule has 1 aliphatic heterocycles. The van der Waals surface area contributed by atoms with Gasteiger partial charge < -0.3 is 14.2 Å². The average Bonchev–Trinajstić information content (AvgIpc) is 3.24. The van der Waals surface area contributed by atoms with E-state index in [0.29, 0.717) is 42.5 Å². The van der Waals surface area contributed by atoms with Crippen LogP contribution in [0.1, 0.15) is 13.8 Å². The minimum Gasteiger partial charge on any atom is -0.493 e. The summed E-state index contributed by atoms with van der Waals surface area (Å²) in [6.07, 6.45) is 2.98. The predicted octanol–water partition coefficient (Wildman–Crippen LogP) is 4.32. The molecule has 3 heterocycles. The summed E-state index contributed by atoms with van der Waals surface area (Å²) in [6.45, 7) is 5.26. The second kappa shape index (κ2) is 8.99. The molecule has 2 aromatic carbocycles. The number of hydrogen-bond acceptors (Lipinski definition) is 7. The zero-order valence-electron chi connectivity index (χ0n) is 20.2. The summed E-state index contributed by atoms with van der Waals surface area (Å²) in [6, 6.07) is 13.4. The van der Waals surface area contributed by atoms with Gasteiger partial charge in [-0.05, 0) is 19.9 Å². The van der Waals surface area contributed by atoms with E-state index in [-0.39, 0.29) is 0 Å². The number of rotatable bonds is 4. The molecule has 180 valence electrons. The van der Waals surface area contributed by atoms with Crippen molar-refractivity contribution in [1.29, 1.82) is 0 Å². The first kappa shape index (κ1) is 22.8. The van der Waals surface area contributed by atoms with Crippen LogP contribution in [0.3, 0.4) is 0 Å². The molecule has 0 N–H and O–H groups in total. The molecule has 35 heavy (non-hydrogen) atoms. The minimum atomic E-state index is -0.478. The number of amides is 1. The minimum absolute atomic E-state index is 0.300. The Labute approximate surface area is 203 Å². The molecular weight excluding hydrogens is 446 g/mol. The molecular formula is C26H27N5O4. The molecule has 0 spiro atoms.